The maximum absolute atomic E-state index is 12.7. The van der Waals surface area contributed by atoms with Crippen LogP contribution in [0.15, 0.2) is 4.79 Å². The van der Waals surface area contributed by atoms with Crippen LogP contribution in [0.4, 0.5) is 0 Å². The first kappa shape index (κ1) is 19.1. The summed E-state index contributed by atoms with van der Waals surface area (Å²) in [7, 11) is 0. The maximum atomic E-state index is 12.7. The molecular weight excluding hydrogens is 378 g/mol. The second-order valence-electron chi connectivity index (χ2n) is 7.84. The molecule has 0 bridgehead atoms. The lowest BCUT2D eigenvalue weighted by atomic mass is 9.86. The van der Waals surface area contributed by atoms with Crippen molar-refractivity contribution in [3.8, 4) is 0 Å². The first-order chi connectivity index (χ1) is 13.5. The fourth-order valence-corrected chi connectivity index (χ4v) is 5.33. The van der Waals surface area contributed by atoms with Crippen LogP contribution in [0.1, 0.15) is 60.1 Å². The van der Waals surface area contributed by atoms with Gasteiger partial charge >= 0.3 is 5.97 Å². The van der Waals surface area contributed by atoms with Gasteiger partial charge in [-0.15, -0.1) is 11.3 Å². The van der Waals surface area contributed by atoms with E-state index in [4.69, 9.17) is 4.74 Å². The summed E-state index contributed by atoms with van der Waals surface area (Å²) in [6.07, 6.45) is 6.09. The zero-order chi connectivity index (χ0) is 19.8. The van der Waals surface area contributed by atoms with Crippen LogP contribution >= 0.6 is 11.3 Å². The Hall–Kier alpha value is -2.22. The van der Waals surface area contributed by atoms with E-state index in [0.29, 0.717) is 33.1 Å². The molecule has 1 aliphatic carbocycles. The van der Waals surface area contributed by atoms with Gasteiger partial charge in [0.2, 0.25) is 0 Å². The highest BCUT2D eigenvalue weighted by molar-refractivity contribution is 7.20. The molecule has 2 aromatic rings. The fraction of sp³-hybridized carbons (Fsp3) is 0.600. The molecule has 1 aliphatic heterocycles. The molecule has 28 heavy (non-hydrogen) atoms. The lowest BCUT2D eigenvalue weighted by Gasteiger charge is -2.29. The summed E-state index contributed by atoms with van der Waals surface area (Å²) in [5.74, 6) is 0.374. The molecule has 8 heteroatoms. The average Bonchev–Trinajstić information content (AvgIpc) is 3.27. The standard InChI is InChI=1S/C20H25N3O4S/c1-11-6-3-4-7-13(11)21-15(24)10-27-20(26)17-12(2)16-18(28-17)22-14-8-5-9-23(14)19(16)25/h11,13H,3-10H2,1-2H3,(H,21,24)/t11-,13-/m1/s1. The third-order valence-electron chi connectivity index (χ3n) is 5.89. The number of rotatable bonds is 4. The van der Waals surface area contributed by atoms with Gasteiger partial charge in [-0.1, -0.05) is 19.8 Å². The lowest BCUT2D eigenvalue weighted by molar-refractivity contribution is -0.125. The molecule has 0 aromatic carbocycles. The van der Waals surface area contributed by atoms with Crippen molar-refractivity contribution in [2.45, 2.75) is 65.0 Å². The highest BCUT2D eigenvalue weighted by Gasteiger charge is 2.26. The molecule has 1 saturated carbocycles. The number of carbonyl (C=O) groups excluding carboxylic acids is 2. The van der Waals surface area contributed by atoms with Crippen molar-refractivity contribution < 1.29 is 14.3 Å². The van der Waals surface area contributed by atoms with Crippen LogP contribution in [0.5, 0.6) is 0 Å². The van der Waals surface area contributed by atoms with E-state index < -0.39 is 5.97 Å². The van der Waals surface area contributed by atoms with Crippen LogP contribution < -0.4 is 10.9 Å². The molecule has 1 amide bonds. The predicted octanol–water partition coefficient (Wildman–Crippen LogP) is 2.56. The minimum absolute atomic E-state index is 0.0886. The fourth-order valence-electron chi connectivity index (χ4n) is 4.25. The SMILES string of the molecule is Cc1c(C(=O)OCC(=O)N[C@@H]2CCCC[C@H]2C)sc2nc3n(c(=O)c12)CCC3. The Morgan fingerprint density at radius 3 is 2.86 bits per heavy atom. The predicted molar refractivity (Wildman–Crippen MR) is 107 cm³/mol. The van der Waals surface area contributed by atoms with Crippen LogP contribution in [-0.2, 0) is 22.5 Å². The number of ether oxygens (including phenoxy) is 1. The minimum atomic E-state index is -0.572. The Balaban J connectivity index is 1.46. The molecule has 0 unspecified atom stereocenters. The molecule has 1 fully saturated rings. The van der Waals surface area contributed by atoms with Gasteiger partial charge in [0.15, 0.2) is 6.61 Å². The Bertz CT molecular complexity index is 993. The number of nitrogens with one attached hydrogen (secondary N) is 1. The number of hydrogen-bond acceptors (Lipinski definition) is 6. The summed E-state index contributed by atoms with van der Waals surface area (Å²) in [4.78, 5) is 42.9. The van der Waals surface area contributed by atoms with Crippen molar-refractivity contribution in [1.82, 2.24) is 14.9 Å². The van der Waals surface area contributed by atoms with E-state index in [1.165, 1.54) is 17.8 Å². The molecule has 2 aliphatic rings. The highest BCUT2D eigenvalue weighted by Crippen LogP contribution is 2.29. The van der Waals surface area contributed by atoms with E-state index >= 15 is 0 Å². The Labute approximate surface area is 167 Å². The topological polar surface area (TPSA) is 90.3 Å². The second kappa shape index (κ2) is 7.66. The average molecular weight is 404 g/mol. The number of amides is 1. The van der Waals surface area contributed by atoms with Crippen LogP contribution in [0, 0.1) is 12.8 Å². The van der Waals surface area contributed by atoms with E-state index in [0.717, 1.165) is 37.9 Å². The zero-order valence-corrected chi connectivity index (χ0v) is 17.1. The number of thiophene rings is 1. The normalized spacial score (nSPS) is 21.5. The van der Waals surface area contributed by atoms with E-state index in [2.05, 4.69) is 17.2 Å². The van der Waals surface area contributed by atoms with Crippen LogP contribution in [0.25, 0.3) is 10.2 Å². The van der Waals surface area contributed by atoms with Crippen molar-refractivity contribution in [3.63, 3.8) is 0 Å². The van der Waals surface area contributed by atoms with Crippen molar-refractivity contribution in [2.24, 2.45) is 5.92 Å². The van der Waals surface area contributed by atoms with Gasteiger partial charge in [0.25, 0.3) is 11.5 Å². The van der Waals surface area contributed by atoms with Gasteiger partial charge in [-0.05, 0) is 37.7 Å². The summed E-state index contributed by atoms with van der Waals surface area (Å²) in [5.41, 5.74) is 0.500. The Morgan fingerprint density at radius 2 is 2.07 bits per heavy atom. The van der Waals surface area contributed by atoms with Gasteiger partial charge in [-0.2, -0.15) is 0 Å². The first-order valence-corrected chi connectivity index (χ1v) is 10.8. The van der Waals surface area contributed by atoms with E-state index in [1.54, 1.807) is 11.5 Å². The lowest BCUT2D eigenvalue weighted by Crippen LogP contribution is -2.42. The molecule has 1 N–H and O–H groups in total. The summed E-state index contributed by atoms with van der Waals surface area (Å²) < 4.78 is 6.93. The number of hydrogen-bond donors (Lipinski definition) is 1. The van der Waals surface area contributed by atoms with Crippen LogP contribution in [0.2, 0.25) is 0 Å². The number of esters is 1. The summed E-state index contributed by atoms with van der Waals surface area (Å²) in [6, 6.07) is 0.151. The van der Waals surface area contributed by atoms with Crippen LogP contribution in [0.3, 0.4) is 0 Å². The van der Waals surface area contributed by atoms with Crippen molar-refractivity contribution >= 4 is 33.4 Å². The van der Waals surface area contributed by atoms with Crippen molar-refractivity contribution in [3.05, 3.63) is 26.6 Å². The third-order valence-corrected chi connectivity index (χ3v) is 7.05. The summed E-state index contributed by atoms with van der Waals surface area (Å²) in [6.45, 7) is 4.24. The number of nitrogens with zero attached hydrogens (tertiary/aromatic N) is 2. The molecule has 2 atom stereocenters. The monoisotopic (exact) mass is 403 g/mol. The smallest absolute Gasteiger partial charge is 0.349 e. The van der Waals surface area contributed by atoms with E-state index in [9.17, 15) is 14.4 Å². The first-order valence-electron chi connectivity index (χ1n) is 9.95. The molecule has 0 saturated heterocycles. The van der Waals surface area contributed by atoms with Gasteiger partial charge in [-0.3, -0.25) is 14.2 Å². The van der Waals surface area contributed by atoms with Gasteiger partial charge in [0, 0.05) is 19.0 Å². The van der Waals surface area contributed by atoms with Crippen LogP contribution in [-0.4, -0.2) is 34.1 Å². The molecule has 0 spiro atoms. The Morgan fingerprint density at radius 1 is 1.29 bits per heavy atom. The van der Waals surface area contributed by atoms with E-state index in [1.807, 2.05) is 0 Å². The molecular formula is C20H25N3O4S. The summed E-state index contributed by atoms with van der Waals surface area (Å²) >= 11 is 1.17. The number of aryl methyl sites for hydroxylation is 2. The largest absolute Gasteiger partial charge is 0.451 e. The number of fused-ring (bicyclic) bond motifs is 2. The second-order valence-corrected chi connectivity index (χ2v) is 8.84. The third kappa shape index (κ3) is 3.45. The minimum Gasteiger partial charge on any atom is -0.451 e. The quantitative estimate of drug-likeness (QED) is 0.793. The van der Waals surface area contributed by atoms with Gasteiger partial charge in [-0.25, -0.2) is 9.78 Å². The van der Waals surface area contributed by atoms with Crippen molar-refractivity contribution in [2.75, 3.05) is 6.61 Å². The maximum Gasteiger partial charge on any atom is 0.349 e. The zero-order valence-electron chi connectivity index (χ0n) is 16.2. The molecule has 7 nitrogen and oxygen atoms in total. The van der Waals surface area contributed by atoms with Gasteiger partial charge in [0.1, 0.15) is 15.5 Å². The van der Waals surface area contributed by atoms with Gasteiger partial charge in [0.05, 0.1) is 5.39 Å². The van der Waals surface area contributed by atoms with Crippen molar-refractivity contribution in [1.29, 1.82) is 0 Å². The molecule has 3 heterocycles. The van der Waals surface area contributed by atoms with Gasteiger partial charge < -0.3 is 10.1 Å². The molecule has 0 radical (unpaired) electrons. The Kier molecular flexibility index (Phi) is 5.23. The number of aromatic nitrogens is 2. The molecule has 150 valence electrons. The number of carbonyl (C=O) groups is 2. The molecule has 4 rings (SSSR count). The highest BCUT2D eigenvalue weighted by atomic mass is 32.1. The molecule has 2 aromatic heterocycles. The summed E-state index contributed by atoms with van der Waals surface area (Å²) in [5, 5.41) is 3.47. The van der Waals surface area contributed by atoms with E-state index in [-0.39, 0.29) is 24.1 Å².